The maximum Gasteiger partial charge on any atom is 0.303 e. The molecule has 0 aromatic heterocycles. The number of carbonyl (C=O) groups excluding carboxylic acids is 1. The fourth-order valence-corrected chi connectivity index (χ4v) is 6.96. The second kappa shape index (κ2) is 18.3. The number of amides is 1. The van der Waals surface area contributed by atoms with Gasteiger partial charge in [-0.05, 0) is 83.1 Å². The Morgan fingerprint density at radius 2 is 1.51 bits per heavy atom. The molecule has 4 atom stereocenters. The lowest BCUT2D eigenvalue weighted by atomic mass is 9.98. The lowest BCUT2D eigenvalue weighted by molar-refractivity contribution is -0.253. The molecule has 0 saturated carbocycles. The van der Waals surface area contributed by atoms with Crippen LogP contribution < -0.4 is 5.32 Å². The van der Waals surface area contributed by atoms with Crippen molar-refractivity contribution in [1.82, 2.24) is 10.2 Å². The number of fused-ring (bicyclic) bond motifs is 1. The van der Waals surface area contributed by atoms with Gasteiger partial charge in [0.05, 0.1) is 18.8 Å². The van der Waals surface area contributed by atoms with Gasteiger partial charge >= 0.3 is 5.97 Å². The fourth-order valence-electron chi connectivity index (χ4n) is 6.96. The van der Waals surface area contributed by atoms with Crippen LogP contribution in [0.1, 0.15) is 91.7 Å². The number of likely N-dealkylation sites (N-methyl/N-ethyl adjacent to an activating group) is 1. The maximum atomic E-state index is 12.4. The highest BCUT2D eigenvalue weighted by Crippen LogP contribution is 2.39. The number of carboxylic acid groups (broad SMARTS) is 1. The SMILES string of the molecule is CC(c1ccc2ccccc2c1)N(C)CC1CC(c2ccc(CO)cc2)OC(c2ccc(-c3cccc(CNC(=O)CCCCCC(=O)O)c3)cc2)O1. The quantitative estimate of drug-likeness (QED) is 0.0877. The number of aliphatic carboxylic acids is 1. The van der Waals surface area contributed by atoms with Crippen LogP contribution in [0, 0.1) is 0 Å². The Balaban J connectivity index is 1.12. The number of rotatable bonds is 16. The lowest BCUT2D eigenvalue weighted by Gasteiger charge is -2.39. The smallest absolute Gasteiger partial charge is 0.303 e. The molecule has 8 heteroatoms. The number of benzene rings is 5. The number of carbonyl (C=O) groups is 2. The van der Waals surface area contributed by atoms with Crippen molar-refractivity contribution >= 4 is 22.6 Å². The second-order valence-corrected chi connectivity index (χ2v) is 14.1. The molecule has 3 N–H and O–H groups in total. The molecule has 1 saturated heterocycles. The van der Waals surface area contributed by atoms with Gasteiger partial charge in [0.1, 0.15) is 0 Å². The van der Waals surface area contributed by atoms with Crippen molar-refractivity contribution in [2.24, 2.45) is 0 Å². The summed E-state index contributed by atoms with van der Waals surface area (Å²) in [6, 6.07) is 39.7. The van der Waals surface area contributed by atoms with E-state index >= 15 is 0 Å². The van der Waals surface area contributed by atoms with Crippen molar-refractivity contribution in [2.75, 3.05) is 13.6 Å². The minimum absolute atomic E-state index is 0.000900. The number of nitrogens with one attached hydrogen (secondary N) is 1. The topological polar surface area (TPSA) is 108 Å². The molecule has 1 heterocycles. The van der Waals surface area contributed by atoms with Crippen molar-refractivity contribution in [1.29, 1.82) is 0 Å². The zero-order valence-corrected chi connectivity index (χ0v) is 30.6. The third-order valence-electron chi connectivity index (χ3n) is 10.3. The fraction of sp³-hybridized carbons (Fsp3) is 0.333. The van der Waals surface area contributed by atoms with E-state index in [1.165, 1.54) is 16.3 Å². The first-order chi connectivity index (χ1) is 25.7. The highest BCUT2D eigenvalue weighted by atomic mass is 16.7. The van der Waals surface area contributed by atoms with Crippen LogP contribution >= 0.6 is 0 Å². The number of carboxylic acids is 1. The van der Waals surface area contributed by atoms with E-state index in [9.17, 15) is 14.7 Å². The average Bonchev–Trinajstić information content (AvgIpc) is 3.19. The molecule has 1 amide bonds. The number of nitrogens with zero attached hydrogens (tertiary/aromatic N) is 1. The third kappa shape index (κ3) is 10.4. The molecule has 276 valence electrons. The van der Waals surface area contributed by atoms with Gasteiger partial charge in [0.25, 0.3) is 0 Å². The summed E-state index contributed by atoms with van der Waals surface area (Å²) in [7, 11) is 2.15. The molecule has 0 spiro atoms. The van der Waals surface area contributed by atoms with Crippen LogP contribution in [-0.2, 0) is 32.2 Å². The summed E-state index contributed by atoms with van der Waals surface area (Å²) in [6.07, 6.45) is 2.42. The standard InChI is InChI=1S/C45H50N2O6/c1-31(38-24-21-34-10-6-7-11-40(34)26-38)47(2)29-41-27-42(36-17-15-32(30-48)16-18-36)53-45(52-41)37-22-19-35(20-23-37)39-12-8-9-33(25-39)28-46-43(49)13-4-3-5-14-44(50)51/h6-12,15-26,31,41-42,45,48H,3-5,13-14,27-30H2,1-2H3,(H,46,49)(H,50,51). The maximum absolute atomic E-state index is 12.4. The number of aliphatic hydroxyl groups is 1. The van der Waals surface area contributed by atoms with Gasteiger partial charge in [-0.25, -0.2) is 0 Å². The van der Waals surface area contributed by atoms with Crippen molar-refractivity contribution < 1.29 is 29.3 Å². The third-order valence-corrected chi connectivity index (χ3v) is 10.3. The van der Waals surface area contributed by atoms with Gasteiger partial charge in [-0.3, -0.25) is 14.5 Å². The van der Waals surface area contributed by atoms with E-state index in [4.69, 9.17) is 14.6 Å². The van der Waals surface area contributed by atoms with Crippen LogP contribution in [-0.4, -0.2) is 46.7 Å². The lowest BCUT2D eigenvalue weighted by Crippen LogP contribution is -2.38. The van der Waals surface area contributed by atoms with E-state index in [2.05, 4.69) is 103 Å². The largest absolute Gasteiger partial charge is 0.481 e. The summed E-state index contributed by atoms with van der Waals surface area (Å²) >= 11 is 0. The molecule has 8 nitrogen and oxygen atoms in total. The minimum Gasteiger partial charge on any atom is -0.481 e. The molecule has 5 aromatic rings. The van der Waals surface area contributed by atoms with Gasteiger partial charge in [-0.1, -0.05) is 110 Å². The molecule has 1 aliphatic heterocycles. The average molecular weight is 715 g/mol. The number of hydrogen-bond donors (Lipinski definition) is 3. The van der Waals surface area contributed by atoms with E-state index in [1.54, 1.807) is 0 Å². The van der Waals surface area contributed by atoms with Gasteiger partial charge in [-0.2, -0.15) is 0 Å². The molecule has 0 radical (unpaired) electrons. The van der Waals surface area contributed by atoms with E-state index in [0.29, 0.717) is 32.2 Å². The molecule has 53 heavy (non-hydrogen) atoms. The summed E-state index contributed by atoms with van der Waals surface area (Å²) in [5.41, 5.74) is 7.23. The van der Waals surface area contributed by atoms with Crippen LogP contribution in [0.5, 0.6) is 0 Å². The van der Waals surface area contributed by atoms with Crippen LogP contribution in [0.15, 0.2) is 115 Å². The highest BCUT2D eigenvalue weighted by molar-refractivity contribution is 5.83. The molecule has 6 rings (SSSR count). The predicted octanol–water partition coefficient (Wildman–Crippen LogP) is 8.89. The van der Waals surface area contributed by atoms with Crippen LogP contribution in [0.4, 0.5) is 0 Å². The molecule has 0 aliphatic carbocycles. The Kier molecular flexibility index (Phi) is 13.0. The molecule has 5 aromatic carbocycles. The van der Waals surface area contributed by atoms with Crippen molar-refractivity contribution in [3.8, 4) is 11.1 Å². The Bertz CT molecular complexity index is 1960. The van der Waals surface area contributed by atoms with Crippen molar-refractivity contribution in [2.45, 2.75) is 83.1 Å². The summed E-state index contributed by atoms with van der Waals surface area (Å²) in [5.74, 6) is -0.830. The van der Waals surface area contributed by atoms with E-state index in [-0.39, 0.29) is 37.2 Å². The van der Waals surface area contributed by atoms with Crippen molar-refractivity contribution in [3.63, 3.8) is 0 Å². The van der Waals surface area contributed by atoms with Gasteiger partial charge in [0.2, 0.25) is 5.91 Å². The Morgan fingerprint density at radius 1 is 0.774 bits per heavy atom. The normalized spacial score (nSPS) is 17.8. The summed E-state index contributed by atoms with van der Waals surface area (Å²) in [6.45, 7) is 3.39. The number of hydrogen-bond acceptors (Lipinski definition) is 6. The summed E-state index contributed by atoms with van der Waals surface area (Å²) in [4.78, 5) is 25.4. The highest BCUT2D eigenvalue weighted by Gasteiger charge is 2.33. The molecule has 0 bridgehead atoms. The molecule has 4 unspecified atom stereocenters. The number of aliphatic hydroxyl groups excluding tert-OH is 1. The summed E-state index contributed by atoms with van der Waals surface area (Å²) in [5, 5.41) is 23.9. The molecular formula is C45H50N2O6. The molecular weight excluding hydrogens is 665 g/mol. The van der Waals surface area contributed by atoms with Gasteiger partial charge in [0, 0.05) is 44.0 Å². The first-order valence-corrected chi connectivity index (χ1v) is 18.6. The van der Waals surface area contributed by atoms with Gasteiger partial charge < -0.3 is 25.0 Å². The molecule has 1 fully saturated rings. The van der Waals surface area contributed by atoms with Crippen LogP contribution in [0.3, 0.4) is 0 Å². The minimum atomic E-state index is -0.800. The Hall–Kier alpha value is -4.86. The monoisotopic (exact) mass is 714 g/mol. The zero-order chi connectivity index (χ0) is 37.2. The first-order valence-electron chi connectivity index (χ1n) is 18.6. The van der Waals surface area contributed by atoms with Crippen LogP contribution in [0.25, 0.3) is 21.9 Å². The van der Waals surface area contributed by atoms with Crippen LogP contribution in [0.2, 0.25) is 0 Å². The Labute approximate surface area is 312 Å². The van der Waals surface area contributed by atoms with E-state index in [1.807, 2.05) is 36.4 Å². The second-order valence-electron chi connectivity index (χ2n) is 14.1. The first kappa shape index (κ1) is 37.9. The van der Waals surface area contributed by atoms with E-state index < -0.39 is 12.3 Å². The Morgan fingerprint density at radius 3 is 2.26 bits per heavy atom. The number of ether oxygens (including phenoxy) is 2. The zero-order valence-electron chi connectivity index (χ0n) is 30.6. The van der Waals surface area contributed by atoms with Gasteiger partial charge in [0.15, 0.2) is 6.29 Å². The molecule has 1 aliphatic rings. The number of unbranched alkanes of at least 4 members (excludes halogenated alkanes) is 2. The summed E-state index contributed by atoms with van der Waals surface area (Å²) < 4.78 is 13.3. The van der Waals surface area contributed by atoms with E-state index in [0.717, 1.165) is 46.3 Å². The predicted molar refractivity (Wildman–Crippen MR) is 208 cm³/mol. The van der Waals surface area contributed by atoms with Crippen molar-refractivity contribution in [3.05, 3.63) is 143 Å². The van der Waals surface area contributed by atoms with Gasteiger partial charge in [-0.15, -0.1) is 0 Å².